The fraction of sp³-hybridized carbons (Fsp3) is 0.294. The van der Waals surface area contributed by atoms with Gasteiger partial charge in [-0.05, 0) is 18.2 Å². The summed E-state index contributed by atoms with van der Waals surface area (Å²) in [5, 5.41) is 3.21. The highest BCUT2D eigenvalue weighted by molar-refractivity contribution is 6.31. The van der Waals surface area contributed by atoms with E-state index in [0.717, 1.165) is 4.57 Å². The van der Waals surface area contributed by atoms with E-state index in [1.54, 1.807) is 29.8 Å². The Morgan fingerprint density at radius 3 is 2.70 bits per heavy atom. The number of hydrogen-bond donors (Lipinski definition) is 1. The zero-order chi connectivity index (χ0) is 19.7. The van der Waals surface area contributed by atoms with Crippen molar-refractivity contribution in [2.75, 3.05) is 12.4 Å². The molecule has 0 atom stereocenters. The first kappa shape index (κ1) is 18.7. The number of nitrogens with one attached hydrogen (secondary N) is 1. The van der Waals surface area contributed by atoms with E-state index in [1.165, 1.54) is 25.1 Å². The SMILES string of the molecule is COc1ccc(Cl)cc1NC(=O)CCn1cnc2c1c(=O)n(C)c(=O)n2C. The fourth-order valence-corrected chi connectivity index (χ4v) is 2.95. The van der Waals surface area contributed by atoms with E-state index >= 15 is 0 Å². The van der Waals surface area contributed by atoms with Gasteiger partial charge in [0.05, 0.1) is 19.1 Å². The summed E-state index contributed by atoms with van der Waals surface area (Å²) in [4.78, 5) is 40.8. The van der Waals surface area contributed by atoms with Gasteiger partial charge < -0.3 is 14.6 Å². The highest BCUT2D eigenvalue weighted by Crippen LogP contribution is 2.27. The van der Waals surface area contributed by atoms with Crippen molar-refractivity contribution in [2.24, 2.45) is 14.1 Å². The number of aryl methyl sites for hydroxylation is 2. The predicted octanol–water partition coefficient (Wildman–Crippen LogP) is 1.12. The molecule has 1 amide bonds. The summed E-state index contributed by atoms with van der Waals surface area (Å²) in [6.45, 7) is 0.221. The molecule has 0 saturated heterocycles. The van der Waals surface area contributed by atoms with Crippen LogP contribution in [0.25, 0.3) is 11.2 Å². The molecule has 0 radical (unpaired) electrons. The molecule has 10 heteroatoms. The van der Waals surface area contributed by atoms with Crippen molar-refractivity contribution in [3.8, 4) is 5.75 Å². The third-order valence-electron chi connectivity index (χ3n) is 4.23. The molecule has 3 aromatic rings. The van der Waals surface area contributed by atoms with Crippen LogP contribution in [0.15, 0.2) is 34.1 Å². The second-order valence-electron chi connectivity index (χ2n) is 5.96. The highest BCUT2D eigenvalue weighted by atomic mass is 35.5. The minimum Gasteiger partial charge on any atom is -0.495 e. The Hall–Kier alpha value is -3.07. The molecule has 27 heavy (non-hydrogen) atoms. The van der Waals surface area contributed by atoms with Gasteiger partial charge in [-0.1, -0.05) is 11.6 Å². The molecule has 0 aliphatic heterocycles. The number of rotatable bonds is 5. The average Bonchev–Trinajstić information content (AvgIpc) is 3.07. The zero-order valence-electron chi connectivity index (χ0n) is 15.0. The number of carbonyl (C=O) groups excluding carboxylic acids is 1. The summed E-state index contributed by atoms with van der Waals surface area (Å²) >= 11 is 5.96. The Labute approximate surface area is 158 Å². The van der Waals surface area contributed by atoms with Gasteiger partial charge in [0.1, 0.15) is 5.75 Å². The molecule has 142 valence electrons. The molecule has 1 N–H and O–H groups in total. The molecule has 0 spiro atoms. The summed E-state index contributed by atoms with van der Waals surface area (Å²) in [7, 11) is 4.44. The van der Waals surface area contributed by atoms with Crippen LogP contribution < -0.4 is 21.3 Å². The monoisotopic (exact) mass is 391 g/mol. The van der Waals surface area contributed by atoms with Crippen LogP contribution >= 0.6 is 11.6 Å². The number of fused-ring (bicyclic) bond motifs is 1. The van der Waals surface area contributed by atoms with Crippen LogP contribution in [0.1, 0.15) is 6.42 Å². The lowest BCUT2D eigenvalue weighted by atomic mass is 10.2. The van der Waals surface area contributed by atoms with Gasteiger partial charge in [-0.25, -0.2) is 9.78 Å². The molecule has 2 heterocycles. The van der Waals surface area contributed by atoms with Crippen molar-refractivity contribution in [1.29, 1.82) is 0 Å². The first-order chi connectivity index (χ1) is 12.8. The number of benzene rings is 1. The molecular weight excluding hydrogens is 374 g/mol. The first-order valence-corrected chi connectivity index (χ1v) is 8.45. The van der Waals surface area contributed by atoms with Gasteiger partial charge in [-0.3, -0.25) is 18.7 Å². The van der Waals surface area contributed by atoms with Crippen molar-refractivity contribution in [3.63, 3.8) is 0 Å². The van der Waals surface area contributed by atoms with Crippen molar-refractivity contribution in [1.82, 2.24) is 18.7 Å². The minimum absolute atomic E-state index is 0.0904. The smallest absolute Gasteiger partial charge is 0.332 e. The molecule has 9 nitrogen and oxygen atoms in total. The van der Waals surface area contributed by atoms with E-state index in [0.29, 0.717) is 16.5 Å². The predicted molar refractivity (Wildman–Crippen MR) is 101 cm³/mol. The van der Waals surface area contributed by atoms with Crippen LogP contribution in [-0.4, -0.2) is 31.7 Å². The fourth-order valence-electron chi connectivity index (χ4n) is 2.78. The summed E-state index contributed by atoms with van der Waals surface area (Å²) in [5.74, 6) is 0.212. The van der Waals surface area contributed by atoms with Crippen LogP contribution in [0.3, 0.4) is 0 Å². The Balaban J connectivity index is 1.82. The average molecular weight is 392 g/mol. The van der Waals surface area contributed by atoms with Crippen LogP contribution in [0.4, 0.5) is 5.69 Å². The van der Waals surface area contributed by atoms with E-state index in [4.69, 9.17) is 16.3 Å². The maximum absolute atomic E-state index is 12.4. The van der Waals surface area contributed by atoms with Gasteiger partial charge >= 0.3 is 5.69 Å². The van der Waals surface area contributed by atoms with Crippen LogP contribution in [-0.2, 0) is 25.4 Å². The summed E-state index contributed by atoms with van der Waals surface area (Å²) in [5.41, 5.74) is 0.0996. The maximum Gasteiger partial charge on any atom is 0.332 e. The molecule has 2 aromatic heterocycles. The molecule has 0 fully saturated rings. The van der Waals surface area contributed by atoms with E-state index in [1.807, 2.05) is 0 Å². The van der Waals surface area contributed by atoms with Crippen molar-refractivity contribution in [2.45, 2.75) is 13.0 Å². The Kier molecular flexibility index (Phi) is 5.04. The quantitative estimate of drug-likeness (QED) is 0.702. The number of halogens is 1. The Morgan fingerprint density at radius 2 is 2.00 bits per heavy atom. The van der Waals surface area contributed by atoms with Gasteiger partial charge in [0.25, 0.3) is 5.56 Å². The molecule has 0 aliphatic carbocycles. The van der Waals surface area contributed by atoms with Gasteiger partial charge in [0, 0.05) is 32.1 Å². The normalized spacial score (nSPS) is 11.0. The lowest BCUT2D eigenvalue weighted by molar-refractivity contribution is -0.116. The Morgan fingerprint density at radius 1 is 1.26 bits per heavy atom. The van der Waals surface area contributed by atoms with E-state index in [9.17, 15) is 14.4 Å². The minimum atomic E-state index is -0.456. The third-order valence-corrected chi connectivity index (χ3v) is 4.47. The standard InChI is InChI=1S/C17H18ClN5O4/c1-21-15-14(16(25)22(2)17(21)26)23(9-19-15)7-6-13(24)20-11-8-10(18)4-5-12(11)27-3/h4-5,8-9H,6-7H2,1-3H3,(H,20,24). The lowest BCUT2D eigenvalue weighted by Crippen LogP contribution is -2.37. The number of ether oxygens (including phenoxy) is 1. The Bertz CT molecular complexity index is 1140. The zero-order valence-corrected chi connectivity index (χ0v) is 15.8. The van der Waals surface area contributed by atoms with Crippen molar-refractivity contribution in [3.05, 3.63) is 50.4 Å². The van der Waals surface area contributed by atoms with Gasteiger partial charge in [0.15, 0.2) is 11.2 Å². The second kappa shape index (κ2) is 7.28. The number of aromatic nitrogens is 4. The van der Waals surface area contributed by atoms with E-state index < -0.39 is 11.2 Å². The maximum atomic E-state index is 12.4. The van der Waals surface area contributed by atoms with E-state index in [-0.39, 0.29) is 30.0 Å². The lowest BCUT2D eigenvalue weighted by Gasteiger charge is -2.11. The number of anilines is 1. The van der Waals surface area contributed by atoms with Crippen LogP contribution in [0.5, 0.6) is 5.75 Å². The topological polar surface area (TPSA) is 100 Å². The highest BCUT2D eigenvalue weighted by Gasteiger charge is 2.15. The largest absolute Gasteiger partial charge is 0.495 e. The molecule has 3 rings (SSSR count). The molecular formula is C17H18ClN5O4. The molecule has 0 saturated carbocycles. The second-order valence-corrected chi connectivity index (χ2v) is 6.40. The number of methoxy groups -OCH3 is 1. The molecule has 0 bridgehead atoms. The van der Waals surface area contributed by atoms with Gasteiger partial charge in [-0.15, -0.1) is 0 Å². The number of nitrogens with zero attached hydrogens (tertiary/aromatic N) is 4. The third kappa shape index (κ3) is 3.45. The number of carbonyl (C=O) groups is 1. The summed E-state index contributed by atoms with van der Waals surface area (Å²) in [6, 6.07) is 4.91. The van der Waals surface area contributed by atoms with Crippen LogP contribution in [0, 0.1) is 0 Å². The number of amides is 1. The number of hydrogen-bond acceptors (Lipinski definition) is 5. The molecule has 1 aromatic carbocycles. The summed E-state index contributed by atoms with van der Waals surface area (Å²) in [6.07, 6.45) is 1.53. The first-order valence-electron chi connectivity index (χ1n) is 8.07. The molecule has 0 unspecified atom stereocenters. The number of imidazole rings is 1. The van der Waals surface area contributed by atoms with E-state index in [2.05, 4.69) is 10.3 Å². The van der Waals surface area contributed by atoms with Gasteiger partial charge in [-0.2, -0.15) is 0 Å². The summed E-state index contributed by atoms with van der Waals surface area (Å²) < 4.78 is 9.07. The van der Waals surface area contributed by atoms with Crippen LogP contribution in [0.2, 0.25) is 5.02 Å². The van der Waals surface area contributed by atoms with Gasteiger partial charge in [0.2, 0.25) is 5.91 Å². The molecule has 0 aliphatic rings. The van der Waals surface area contributed by atoms with Crippen molar-refractivity contribution >= 4 is 34.4 Å². The van der Waals surface area contributed by atoms with Crippen molar-refractivity contribution < 1.29 is 9.53 Å².